The maximum absolute atomic E-state index is 13.4. The Morgan fingerprint density at radius 3 is 2.72 bits per heavy atom. The number of halogens is 2. The Morgan fingerprint density at radius 1 is 1.22 bits per heavy atom. The molecule has 0 fully saturated rings. The monoisotopic (exact) mass is 308 g/mol. The number of carbonyl (C=O) groups excluding carboxylic acids is 1. The van der Waals surface area contributed by atoms with Crippen LogP contribution in [0.4, 0.5) is 4.39 Å². The average molecular weight is 309 g/mol. The lowest BCUT2D eigenvalue weighted by atomic mass is 10.2. The summed E-state index contributed by atoms with van der Waals surface area (Å²) < 4.78 is 19.5. The summed E-state index contributed by atoms with van der Waals surface area (Å²) in [6.07, 6.45) is 0.736. The molecular formula is C14H10BrFO2. The number of hydrogen-bond donors (Lipinski definition) is 0. The summed E-state index contributed by atoms with van der Waals surface area (Å²) in [4.78, 5) is 10.8. The SMILES string of the molecule is O=Cc1cc(OCc2ccccc2F)ccc1Br. The topological polar surface area (TPSA) is 26.3 Å². The van der Waals surface area contributed by atoms with E-state index in [-0.39, 0.29) is 12.4 Å². The molecule has 0 radical (unpaired) electrons. The lowest BCUT2D eigenvalue weighted by Crippen LogP contribution is -1.98. The molecule has 0 unspecified atom stereocenters. The summed E-state index contributed by atoms with van der Waals surface area (Å²) in [5.41, 5.74) is 0.981. The Morgan fingerprint density at radius 2 is 2.00 bits per heavy atom. The third-order valence-corrected chi connectivity index (χ3v) is 3.17. The van der Waals surface area contributed by atoms with Crippen molar-refractivity contribution in [2.75, 3.05) is 0 Å². The molecule has 0 bridgehead atoms. The fourth-order valence-corrected chi connectivity index (χ4v) is 1.82. The van der Waals surface area contributed by atoms with Crippen LogP contribution in [0.2, 0.25) is 0 Å². The van der Waals surface area contributed by atoms with Crippen molar-refractivity contribution >= 4 is 22.2 Å². The van der Waals surface area contributed by atoms with Gasteiger partial charge in [0, 0.05) is 15.6 Å². The smallest absolute Gasteiger partial charge is 0.151 e. The molecule has 0 saturated heterocycles. The molecule has 0 N–H and O–H groups in total. The second-order valence-electron chi connectivity index (χ2n) is 3.68. The van der Waals surface area contributed by atoms with Gasteiger partial charge in [-0.15, -0.1) is 0 Å². The van der Waals surface area contributed by atoms with Crippen molar-refractivity contribution in [3.05, 3.63) is 63.9 Å². The van der Waals surface area contributed by atoms with E-state index in [0.717, 1.165) is 6.29 Å². The Balaban J connectivity index is 2.11. The van der Waals surface area contributed by atoms with E-state index < -0.39 is 0 Å². The summed E-state index contributed by atoms with van der Waals surface area (Å²) in [5.74, 6) is 0.230. The van der Waals surface area contributed by atoms with Crippen LogP contribution in [-0.4, -0.2) is 6.29 Å². The van der Waals surface area contributed by atoms with E-state index in [1.807, 2.05) is 0 Å². The third kappa shape index (κ3) is 2.96. The molecule has 0 atom stereocenters. The zero-order valence-corrected chi connectivity index (χ0v) is 11.0. The van der Waals surface area contributed by atoms with Crippen molar-refractivity contribution in [3.63, 3.8) is 0 Å². The zero-order valence-electron chi connectivity index (χ0n) is 9.40. The summed E-state index contributed by atoms with van der Waals surface area (Å²) in [6, 6.07) is 11.5. The van der Waals surface area contributed by atoms with Crippen LogP contribution in [0.15, 0.2) is 46.9 Å². The first-order chi connectivity index (χ1) is 8.70. The van der Waals surface area contributed by atoms with Crippen LogP contribution in [0.3, 0.4) is 0 Å². The molecule has 18 heavy (non-hydrogen) atoms. The largest absolute Gasteiger partial charge is 0.489 e. The predicted octanol–water partition coefficient (Wildman–Crippen LogP) is 3.98. The van der Waals surface area contributed by atoms with E-state index in [2.05, 4.69) is 15.9 Å². The van der Waals surface area contributed by atoms with Gasteiger partial charge in [0.1, 0.15) is 18.2 Å². The molecule has 4 heteroatoms. The lowest BCUT2D eigenvalue weighted by molar-refractivity contribution is 0.112. The number of ether oxygens (including phenoxy) is 1. The zero-order chi connectivity index (χ0) is 13.0. The normalized spacial score (nSPS) is 10.1. The van der Waals surface area contributed by atoms with E-state index in [4.69, 9.17) is 4.74 Å². The molecular weight excluding hydrogens is 299 g/mol. The number of benzene rings is 2. The van der Waals surface area contributed by atoms with Crippen LogP contribution < -0.4 is 4.74 Å². The Kier molecular flexibility index (Phi) is 4.10. The van der Waals surface area contributed by atoms with Crippen molar-refractivity contribution in [3.8, 4) is 5.75 Å². The fraction of sp³-hybridized carbons (Fsp3) is 0.0714. The molecule has 0 saturated carbocycles. The van der Waals surface area contributed by atoms with Crippen molar-refractivity contribution in [2.45, 2.75) is 6.61 Å². The van der Waals surface area contributed by atoms with Crippen molar-refractivity contribution in [1.82, 2.24) is 0 Å². The van der Waals surface area contributed by atoms with Gasteiger partial charge in [0.2, 0.25) is 0 Å². The fourth-order valence-electron chi connectivity index (χ4n) is 1.48. The van der Waals surface area contributed by atoms with Gasteiger partial charge in [0.05, 0.1) is 0 Å². The molecule has 0 aliphatic heterocycles. The molecule has 0 aliphatic carbocycles. The number of rotatable bonds is 4. The molecule has 0 amide bonds. The first-order valence-electron chi connectivity index (χ1n) is 5.31. The Labute approximate surface area is 113 Å². The van der Waals surface area contributed by atoms with Crippen LogP contribution in [0.5, 0.6) is 5.75 Å². The highest BCUT2D eigenvalue weighted by molar-refractivity contribution is 9.10. The van der Waals surface area contributed by atoms with E-state index >= 15 is 0 Å². The molecule has 0 aromatic heterocycles. The summed E-state index contributed by atoms with van der Waals surface area (Å²) in [7, 11) is 0. The van der Waals surface area contributed by atoms with Crippen molar-refractivity contribution in [1.29, 1.82) is 0 Å². The minimum absolute atomic E-state index is 0.132. The highest BCUT2D eigenvalue weighted by atomic mass is 79.9. The number of hydrogen-bond acceptors (Lipinski definition) is 2. The van der Waals surface area contributed by atoms with Gasteiger partial charge in [-0.05, 0) is 24.3 Å². The van der Waals surface area contributed by atoms with E-state index in [1.165, 1.54) is 6.07 Å². The quantitative estimate of drug-likeness (QED) is 0.799. The van der Waals surface area contributed by atoms with E-state index in [9.17, 15) is 9.18 Å². The third-order valence-electron chi connectivity index (χ3n) is 2.45. The van der Waals surface area contributed by atoms with Crippen LogP contribution in [-0.2, 0) is 6.61 Å². The first-order valence-corrected chi connectivity index (χ1v) is 6.11. The van der Waals surface area contributed by atoms with E-state index in [0.29, 0.717) is 21.3 Å². The average Bonchev–Trinajstić information content (AvgIpc) is 2.39. The molecule has 0 spiro atoms. The maximum atomic E-state index is 13.4. The second-order valence-corrected chi connectivity index (χ2v) is 4.54. The molecule has 2 nitrogen and oxygen atoms in total. The van der Waals surface area contributed by atoms with Crippen molar-refractivity contribution in [2.24, 2.45) is 0 Å². The maximum Gasteiger partial charge on any atom is 0.151 e. The summed E-state index contributed by atoms with van der Waals surface area (Å²) in [5, 5.41) is 0. The number of carbonyl (C=O) groups is 1. The van der Waals surface area contributed by atoms with Crippen LogP contribution in [0.1, 0.15) is 15.9 Å². The van der Waals surface area contributed by atoms with Gasteiger partial charge in [0.15, 0.2) is 6.29 Å². The number of aldehydes is 1. The van der Waals surface area contributed by atoms with Gasteiger partial charge in [-0.2, -0.15) is 0 Å². The minimum Gasteiger partial charge on any atom is -0.489 e. The summed E-state index contributed by atoms with van der Waals surface area (Å²) >= 11 is 3.25. The molecule has 2 rings (SSSR count). The van der Waals surface area contributed by atoms with Gasteiger partial charge in [-0.3, -0.25) is 4.79 Å². The molecule has 0 aliphatic rings. The van der Waals surface area contributed by atoms with Gasteiger partial charge < -0.3 is 4.74 Å². The second kappa shape index (κ2) is 5.78. The molecule has 2 aromatic rings. The van der Waals surface area contributed by atoms with Crippen LogP contribution >= 0.6 is 15.9 Å². The highest BCUT2D eigenvalue weighted by Gasteiger charge is 2.04. The van der Waals surface area contributed by atoms with Gasteiger partial charge in [-0.1, -0.05) is 34.1 Å². The predicted molar refractivity (Wildman–Crippen MR) is 70.3 cm³/mol. The Bertz CT molecular complexity index is 569. The lowest BCUT2D eigenvalue weighted by Gasteiger charge is -2.08. The Hall–Kier alpha value is -1.68. The van der Waals surface area contributed by atoms with E-state index in [1.54, 1.807) is 36.4 Å². The van der Waals surface area contributed by atoms with Crippen LogP contribution in [0, 0.1) is 5.82 Å². The van der Waals surface area contributed by atoms with Crippen LogP contribution in [0.25, 0.3) is 0 Å². The van der Waals surface area contributed by atoms with Gasteiger partial charge in [-0.25, -0.2) is 4.39 Å². The van der Waals surface area contributed by atoms with Crippen molar-refractivity contribution < 1.29 is 13.9 Å². The van der Waals surface area contributed by atoms with Gasteiger partial charge in [0.25, 0.3) is 0 Å². The standard InChI is InChI=1S/C14H10BrFO2/c15-13-6-5-12(7-11(13)8-17)18-9-10-3-1-2-4-14(10)16/h1-8H,9H2. The first kappa shape index (κ1) is 12.8. The minimum atomic E-state index is -0.301. The molecule has 0 heterocycles. The van der Waals surface area contributed by atoms with Gasteiger partial charge >= 0.3 is 0 Å². The summed E-state index contributed by atoms with van der Waals surface area (Å²) in [6.45, 7) is 0.132. The highest BCUT2D eigenvalue weighted by Crippen LogP contribution is 2.22. The molecule has 2 aromatic carbocycles. The molecule has 92 valence electrons.